The summed E-state index contributed by atoms with van der Waals surface area (Å²) in [5, 5.41) is 9.60. The smallest absolute Gasteiger partial charge is 0.353 e. The number of hydrogen-bond donors (Lipinski definition) is 0. The minimum atomic E-state index is -4.43. The molecule has 0 unspecified atom stereocenters. The molecular weight excluding hydrogens is 393 g/mol. The lowest BCUT2D eigenvalue weighted by molar-refractivity contribution is -0.140. The van der Waals surface area contributed by atoms with Gasteiger partial charge in [0.15, 0.2) is 6.29 Å². The van der Waals surface area contributed by atoms with Crippen LogP contribution in [-0.4, -0.2) is 25.2 Å². The van der Waals surface area contributed by atoms with Crippen LogP contribution in [0.5, 0.6) is 0 Å². The first kappa shape index (κ1) is 23.6. The van der Waals surface area contributed by atoms with Crippen molar-refractivity contribution in [3.05, 3.63) is 71.3 Å². The number of ether oxygens (including phenoxy) is 2. The number of aliphatic imine (C=N–C) groups is 1. The molecule has 7 heteroatoms. The highest BCUT2D eigenvalue weighted by Crippen LogP contribution is 2.30. The van der Waals surface area contributed by atoms with Crippen LogP contribution in [0.15, 0.2) is 59.6 Å². The van der Waals surface area contributed by atoms with Crippen molar-refractivity contribution >= 4 is 5.71 Å². The van der Waals surface area contributed by atoms with Crippen LogP contribution in [-0.2, 0) is 15.7 Å². The topological polar surface area (TPSA) is 54.6 Å². The highest BCUT2D eigenvalue weighted by Gasteiger charge is 2.30. The SMILES string of the molecule is CCOC(CC[C@@H](/N=C(\C#N)c1ccc(C(F)(F)F)cc1)c1ccccc1)OCC. The second-order valence-electron chi connectivity index (χ2n) is 6.51. The Bertz CT molecular complexity index is 837. The Kier molecular flexibility index (Phi) is 9.03. The fraction of sp³-hybridized carbons (Fsp3) is 0.391. The average Bonchev–Trinajstić information content (AvgIpc) is 2.74. The molecule has 2 aromatic rings. The maximum Gasteiger partial charge on any atom is 0.416 e. The van der Waals surface area contributed by atoms with Crippen molar-refractivity contribution in [1.82, 2.24) is 0 Å². The zero-order valence-electron chi connectivity index (χ0n) is 17.0. The van der Waals surface area contributed by atoms with E-state index >= 15 is 0 Å². The summed E-state index contributed by atoms with van der Waals surface area (Å²) in [6.07, 6.45) is -3.68. The van der Waals surface area contributed by atoms with Crippen molar-refractivity contribution in [2.24, 2.45) is 4.99 Å². The van der Waals surface area contributed by atoms with Crippen LogP contribution in [0.4, 0.5) is 13.2 Å². The molecular formula is C23H25F3N2O2. The van der Waals surface area contributed by atoms with Gasteiger partial charge in [-0.05, 0) is 38.0 Å². The van der Waals surface area contributed by atoms with E-state index in [2.05, 4.69) is 4.99 Å². The predicted octanol–water partition coefficient (Wildman–Crippen LogP) is 5.94. The van der Waals surface area contributed by atoms with Gasteiger partial charge in [-0.25, -0.2) is 0 Å². The molecule has 4 nitrogen and oxygen atoms in total. The lowest BCUT2D eigenvalue weighted by atomic mass is 10.0. The molecule has 0 aliphatic rings. The minimum Gasteiger partial charge on any atom is -0.353 e. The fourth-order valence-electron chi connectivity index (χ4n) is 3.00. The van der Waals surface area contributed by atoms with Crippen LogP contribution in [0.2, 0.25) is 0 Å². The number of alkyl halides is 3. The van der Waals surface area contributed by atoms with Crippen molar-refractivity contribution in [2.75, 3.05) is 13.2 Å². The summed E-state index contributed by atoms with van der Waals surface area (Å²) >= 11 is 0. The first-order chi connectivity index (χ1) is 14.4. The van der Waals surface area contributed by atoms with E-state index in [0.717, 1.165) is 17.7 Å². The summed E-state index contributed by atoms with van der Waals surface area (Å²) in [5.41, 5.74) is 0.572. The number of benzene rings is 2. The largest absolute Gasteiger partial charge is 0.416 e. The number of nitrogens with zero attached hydrogens (tertiary/aromatic N) is 2. The standard InChI is InChI=1S/C23H25F3N2O2/c1-3-29-22(30-4-2)15-14-20(17-8-6-5-7-9-17)28-21(16-27)18-10-12-19(13-11-18)23(24,25)26/h5-13,20,22H,3-4,14-15H2,1-2H3/b28-21+/t20-/m1/s1. The highest BCUT2D eigenvalue weighted by molar-refractivity contribution is 6.11. The monoisotopic (exact) mass is 418 g/mol. The molecule has 0 aliphatic carbocycles. The van der Waals surface area contributed by atoms with Gasteiger partial charge in [-0.2, -0.15) is 18.4 Å². The van der Waals surface area contributed by atoms with Gasteiger partial charge in [0.05, 0.1) is 11.6 Å². The van der Waals surface area contributed by atoms with Crippen LogP contribution in [0.25, 0.3) is 0 Å². The molecule has 0 saturated carbocycles. The van der Waals surface area contributed by atoms with Crippen molar-refractivity contribution in [3.63, 3.8) is 0 Å². The van der Waals surface area contributed by atoms with E-state index in [1.165, 1.54) is 12.1 Å². The first-order valence-electron chi connectivity index (χ1n) is 9.82. The van der Waals surface area contributed by atoms with Crippen LogP contribution in [0.1, 0.15) is 49.4 Å². The van der Waals surface area contributed by atoms with E-state index in [9.17, 15) is 18.4 Å². The lowest BCUT2D eigenvalue weighted by Gasteiger charge is -2.20. The van der Waals surface area contributed by atoms with Crippen molar-refractivity contribution in [3.8, 4) is 6.07 Å². The second kappa shape index (κ2) is 11.5. The molecule has 0 bridgehead atoms. The van der Waals surface area contributed by atoms with E-state index in [-0.39, 0.29) is 18.0 Å². The molecule has 2 aromatic carbocycles. The van der Waals surface area contributed by atoms with Gasteiger partial charge in [0.25, 0.3) is 0 Å². The summed E-state index contributed by atoms with van der Waals surface area (Å²) < 4.78 is 49.6. The summed E-state index contributed by atoms with van der Waals surface area (Å²) in [6, 6.07) is 15.6. The Labute approximate surface area is 175 Å². The molecule has 0 aliphatic heterocycles. The normalized spacial score (nSPS) is 13.3. The molecule has 160 valence electrons. The molecule has 0 fully saturated rings. The maximum atomic E-state index is 12.8. The van der Waals surface area contributed by atoms with Gasteiger partial charge in [0, 0.05) is 25.2 Å². The summed E-state index contributed by atoms with van der Waals surface area (Å²) in [5.74, 6) is 0. The Hall–Kier alpha value is -2.69. The van der Waals surface area contributed by atoms with Crippen LogP contribution >= 0.6 is 0 Å². The molecule has 0 heterocycles. The van der Waals surface area contributed by atoms with Crippen molar-refractivity contribution in [1.29, 1.82) is 5.26 Å². The predicted molar refractivity (Wildman–Crippen MR) is 109 cm³/mol. The van der Waals surface area contributed by atoms with Gasteiger partial charge in [-0.1, -0.05) is 42.5 Å². The van der Waals surface area contributed by atoms with Gasteiger partial charge in [0.2, 0.25) is 0 Å². The minimum absolute atomic E-state index is 0.0851. The Morgan fingerprint density at radius 1 is 0.967 bits per heavy atom. The molecule has 2 rings (SSSR count). The fourth-order valence-corrected chi connectivity index (χ4v) is 3.00. The van der Waals surface area contributed by atoms with E-state index in [4.69, 9.17) is 9.47 Å². The van der Waals surface area contributed by atoms with E-state index < -0.39 is 11.7 Å². The lowest BCUT2D eigenvalue weighted by Crippen LogP contribution is -2.18. The molecule has 30 heavy (non-hydrogen) atoms. The quantitative estimate of drug-likeness (QED) is 0.354. The Morgan fingerprint density at radius 3 is 2.07 bits per heavy atom. The first-order valence-corrected chi connectivity index (χ1v) is 9.82. The molecule has 0 aromatic heterocycles. The summed E-state index contributed by atoms with van der Waals surface area (Å²) in [4.78, 5) is 4.58. The number of hydrogen-bond acceptors (Lipinski definition) is 4. The number of rotatable bonds is 10. The van der Waals surface area contributed by atoms with Crippen LogP contribution in [0.3, 0.4) is 0 Å². The van der Waals surface area contributed by atoms with E-state index in [1.54, 1.807) is 0 Å². The van der Waals surface area contributed by atoms with Crippen molar-refractivity contribution < 1.29 is 22.6 Å². The molecule has 0 radical (unpaired) electrons. The molecule has 0 saturated heterocycles. The third-order valence-corrected chi connectivity index (χ3v) is 4.44. The number of nitriles is 1. The average molecular weight is 418 g/mol. The van der Waals surface area contributed by atoms with Gasteiger partial charge < -0.3 is 9.47 Å². The summed E-state index contributed by atoms with van der Waals surface area (Å²) in [7, 11) is 0. The maximum absolute atomic E-state index is 12.8. The van der Waals surface area contributed by atoms with E-state index in [1.807, 2.05) is 50.2 Å². The highest BCUT2D eigenvalue weighted by atomic mass is 19.4. The van der Waals surface area contributed by atoms with Gasteiger partial charge in [0.1, 0.15) is 11.8 Å². The molecule has 0 N–H and O–H groups in total. The number of halogens is 3. The second-order valence-corrected chi connectivity index (χ2v) is 6.51. The summed E-state index contributed by atoms with van der Waals surface area (Å²) in [6.45, 7) is 4.80. The third-order valence-electron chi connectivity index (χ3n) is 4.44. The van der Waals surface area contributed by atoms with Crippen molar-refractivity contribution in [2.45, 2.75) is 45.2 Å². The zero-order valence-corrected chi connectivity index (χ0v) is 17.0. The Morgan fingerprint density at radius 2 is 1.57 bits per heavy atom. The molecule has 1 atom stereocenters. The zero-order chi connectivity index (χ0) is 22.0. The van der Waals surface area contributed by atoms with E-state index in [0.29, 0.717) is 31.6 Å². The van der Waals surface area contributed by atoms with Crippen LogP contribution in [0, 0.1) is 11.3 Å². The third kappa shape index (κ3) is 6.97. The van der Waals surface area contributed by atoms with Gasteiger partial charge in [-0.15, -0.1) is 0 Å². The van der Waals surface area contributed by atoms with Gasteiger partial charge >= 0.3 is 6.18 Å². The van der Waals surface area contributed by atoms with Gasteiger partial charge in [-0.3, -0.25) is 4.99 Å². The molecule has 0 spiro atoms. The molecule has 0 amide bonds. The Balaban J connectivity index is 2.30. The van der Waals surface area contributed by atoms with Crippen LogP contribution < -0.4 is 0 Å².